The first-order chi connectivity index (χ1) is 9.80. The van der Waals surface area contributed by atoms with E-state index in [0.29, 0.717) is 5.56 Å². The third kappa shape index (κ3) is 7.17. The molecule has 0 spiro atoms. The lowest BCUT2D eigenvalue weighted by Gasteiger charge is -2.26. The predicted molar refractivity (Wildman–Crippen MR) is 78.0 cm³/mol. The molecular formula is C15H23FN2O3. The summed E-state index contributed by atoms with van der Waals surface area (Å²) in [7, 11) is 0. The van der Waals surface area contributed by atoms with E-state index in [2.05, 4.69) is 5.32 Å². The summed E-state index contributed by atoms with van der Waals surface area (Å²) >= 11 is 0. The second-order valence-electron chi connectivity index (χ2n) is 5.67. The largest absolute Gasteiger partial charge is 0.389 e. The molecule has 0 aliphatic heterocycles. The van der Waals surface area contributed by atoms with Crippen LogP contribution in [0.3, 0.4) is 0 Å². The first-order valence-corrected chi connectivity index (χ1v) is 6.83. The fourth-order valence-electron chi connectivity index (χ4n) is 1.87. The number of carbonyl (C=O) groups is 1. The summed E-state index contributed by atoms with van der Waals surface area (Å²) in [6.45, 7) is 4.09. The van der Waals surface area contributed by atoms with Crippen molar-refractivity contribution in [3.63, 3.8) is 0 Å². The van der Waals surface area contributed by atoms with Crippen LogP contribution < -0.4 is 11.1 Å². The van der Waals surface area contributed by atoms with Gasteiger partial charge in [-0.25, -0.2) is 4.39 Å². The summed E-state index contributed by atoms with van der Waals surface area (Å²) in [6, 6.07) is 6.34. The lowest BCUT2D eigenvalue weighted by atomic mass is 10.0. The van der Waals surface area contributed by atoms with Crippen LogP contribution in [-0.2, 0) is 16.1 Å². The molecule has 21 heavy (non-hydrogen) atoms. The number of aliphatic hydroxyl groups excluding tert-OH is 1. The van der Waals surface area contributed by atoms with Gasteiger partial charge in [0.2, 0.25) is 5.91 Å². The Kier molecular flexibility index (Phi) is 6.74. The molecule has 0 bridgehead atoms. The van der Waals surface area contributed by atoms with Crippen LogP contribution in [0.1, 0.15) is 25.8 Å². The number of hydrogen-bond acceptors (Lipinski definition) is 4. The fourth-order valence-corrected chi connectivity index (χ4v) is 1.87. The number of aliphatic hydroxyl groups is 1. The van der Waals surface area contributed by atoms with E-state index in [-0.39, 0.29) is 32.0 Å². The van der Waals surface area contributed by atoms with Gasteiger partial charge in [0.15, 0.2) is 0 Å². The van der Waals surface area contributed by atoms with Crippen molar-refractivity contribution in [1.29, 1.82) is 0 Å². The Bertz CT molecular complexity index is 466. The number of hydrogen-bond donors (Lipinski definition) is 3. The highest BCUT2D eigenvalue weighted by molar-refractivity contribution is 5.74. The minimum atomic E-state index is -0.746. The molecule has 1 atom stereocenters. The highest BCUT2D eigenvalue weighted by Crippen LogP contribution is 2.09. The van der Waals surface area contributed by atoms with Gasteiger partial charge in [-0.1, -0.05) is 18.2 Å². The van der Waals surface area contributed by atoms with E-state index in [1.807, 2.05) is 13.8 Å². The normalized spacial score (nSPS) is 13.1. The maximum Gasteiger partial charge on any atom is 0.219 e. The number of halogens is 1. The maximum absolute atomic E-state index is 13.3. The van der Waals surface area contributed by atoms with Crippen molar-refractivity contribution < 1.29 is 19.0 Å². The number of benzene rings is 1. The quantitative estimate of drug-likeness (QED) is 0.633. The van der Waals surface area contributed by atoms with Crippen LogP contribution in [0, 0.1) is 5.82 Å². The Balaban J connectivity index is 2.27. The molecule has 0 aliphatic rings. The first kappa shape index (κ1) is 17.6. The van der Waals surface area contributed by atoms with Gasteiger partial charge in [0.25, 0.3) is 0 Å². The van der Waals surface area contributed by atoms with Crippen molar-refractivity contribution in [2.45, 2.75) is 38.5 Å². The molecule has 0 aromatic heterocycles. The summed E-state index contributed by atoms with van der Waals surface area (Å²) in [4.78, 5) is 10.9. The van der Waals surface area contributed by atoms with Crippen molar-refractivity contribution in [3.8, 4) is 0 Å². The Morgan fingerprint density at radius 1 is 1.48 bits per heavy atom. The molecule has 0 aliphatic carbocycles. The number of rotatable bonds is 9. The zero-order valence-electron chi connectivity index (χ0n) is 12.4. The zero-order chi connectivity index (χ0) is 15.9. The van der Waals surface area contributed by atoms with Gasteiger partial charge >= 0.3 is 0 Å². The molecule has 0 fully saturated rings. The smallest absolute Gasteiger partial charge is 0.219 e. The topological polar surface area (TPSA) is 84.6 Å². The van der Waals surface area contributed by atoms with Crippen molar-refractivity contribution in [1.82, 2.24) is 5.32 Å². The van der Waals surface area contributed by atoms with Gasteiger partial charge in [0.1, 0.15) is 5.82 Å². The SMILES string of the molecule is CC(C)(CC(N)=O)NCC(O)COCc1ccccc1F. The number of nitrogens with two attached hydrogens (primary N) is 1. The van der Waals surface area contributed by atoms with Crippen molar-refractivity contribution in [2.75, 3.05) is 13.2 Å². The Morgan fingerprint density at radius 3 is 2.76 bits per heavy atom. The molecule has 0 saturated heterocycles. The third-order valence-corrected chi connectivity index (χ3v) is 2.96. The molecule has 1 rings (SSSR count). The third-order valence-electron chi connectivity index (χ3n) is 2.96. The molecule has 1 amide bonds. The second-order valence-corrected chi connectivity index (χ2v) is 5.67. The zero-order valence-corrected chi connectivity index (χ0v) is 12.4. The van der Waals surface area contributed by atoms with Crippen LogP contribution in [0.5, 0.6) is 0 Å². The standard InChI is InChI=1S/C15H23FN2O3/c1-15(2,7-14(17)20)18-8-12(19)10-21-9-11-5-3-4-6-13(11)16/h3-6,12,18-19H,7-10H2,1-2H3,(H2,17,20). The van der Waals surface area contributed by atoms with Crippen LogP contribution in [0.15, 0.2) is 24.3 Å². The van der Waals surface area contributed by atoms with Crippen LogP contribution in [0.4, 0.5) is 4.39 Å². The van der Waals surface area contributed by atoms with E-state index in [1.54, 1.807) is 18.2 Å². The van der Waals surface area contributed by atoms with Gasteiger partial charge in [-0.3, -0.25) is 4.79 Å². The molecule has 1 unspecified atom stereocenters. The Hall–Kier alpha value is -1.50. The van der Waals surface area contributed by atoms with Gasteiger partial charge in [-0.2, -0.15) is 0 Å². The monoisotopic (exact) mass is 298 g/mol. The molecular weight excluding hydrogens is 275 g/mol. The average Bonchev–Trinajstić information content (AvgIpc) is 2.37. The van der Waals surface area contributed by atoms with E-state index in [1.165, 1.54) is 6.07 Å². The van der Waals surface area contributed by atoms with Gasteiger partial charge in [0, 0.05) is 24.1 Å². The van der Waals surface area contributed by atoms with E-state index in [9.17, 15) is 14.3 Å². The molecule has 118 valence electrons. The van der Waals surface area contributed by atoms with Gasteiger partial charge in [-0.05, 0) is 19.9 Å². The number of β-amino-alcohol motifs (C(OH)–C–C–N with tert-alkyl or cyclic N) is 1. The number of carbonyl (C=O) groups excluding carboxylic acids is 1. The van der Waals surface area contributed by atoms with Crippen molar-refractivity contribution in [3.05, 3.63) is 35.6 Å². The summed E-state index contributed by atoms with van der Waals surface area (Å²) in [5, 5.41) is 12.8. The number of primary amides is 1. The molecule has 0 radical (unpaired) electrons. The predicted octanol–water partition coefficient (Wildman–Crippen LogP) is 0.947. The van der Waals surface area contributed by atoms with Crippen molar-refractivity contribution >= 4 is 5.91 Å². The van der Waals surface area contributed by atoms with Crippen LogP contribution in [0.25, 0.3) is 0 Å². The van der Waals surface area contributed by atoms with Crippen molar-refractivity contribution in [2.24, 2.45) is 5.73 Å². The number of amides is 1. The Morgan fingerprint density at radius 2 is 2.14 bits per heavy atom. The van der Waals surface area contributed by atoms with Gasteiger partial charge in [0.05, 0.1) is 19.3 Å². The highest BCUT2D eigenvalue weighted by Gasteiger charge is 2.21. The molecule has 1 aromatic carbocycles. The van der Waals surface area contributed by atoms with Crippen LogP contribution in [-0.4, -0.2) is 35.8 Å². The average molecular weight is 298 g/mol. The summed E-state index contributed by atoms with van der Waals surface area (Å²) in [6.07, 6.45) is -0.570. The first-order valence-electron chi connectivity index (χ1n) is 6.83. The summed E-state index contributed by atoms with van der Waals surface area (Å²) < 4.78 is 18.6. The minimum absolute atomic E-state index is 0.0774. The van der Waals surface area contributed by atoms with Gasteiger partial charge in [-0.15, -0.1) is 0 Å². The fraction of sp³-hybridized carbons (Fsp3) is 0.533. The van der Waals surface area contributed by atoms with Crippen LogP contribution >= 0.6 is 0 Å². The Labute approximate surface area is 124 Å². The molecule has 4 N–H and O–H groups in total. The van der Waals surface area contributed by atoms with E-state index in [4.69, 9.17) is 10.5 Å². The highest BCUT2D eigenvalue weighted by atomic mass is 19.1. The van der Waals surface area contributed by atoms with E-state index >= 15 is 0 Å². The van der Waals surface area contributed by atoms with E-state index < -0.39 is 17.6 Å². The summed E-state index contributed by atoms with van der Waals surface area (Å²) in [5.41, 5.74) is 5.11. The molecule has 0 heterocycles. The lowest BCUT2D eigenvalue weighted by Crippen LogP contribution is -2.46. The minimum Gasteiger partial charge on any atom is -0.389 e. The molecule has 1 aromatic rings. The van der Waals surface area contributed by atoms with E-state index in [0.717, 1.165) is 0 Å². The molecule has 0 saturated carbocycles. The number of nitrogens with one attached hydrogen (secondary N) is 1. The summed E-state index contributed by atoms with van der Waals surface area (Å²) in [5.74, 6) is -0.731. The van der Waals surface area contributed by atoms with Gasteiger partial charge < -0.3 is 20.9 Å². The van der Waals surface area contributed by atoms with Crippen LogP contribution in [0.2, 0.25) is 0 Å². The molecule has 5 nitrogen and oxygen atoms in total. The second kappa shape index (κ2) is 8.07. The number of ether oxygens (including phenoxy) is 1. The molecule has 6 heteroatoms. The lowest BCUT2D eigenvalue weighted by molar-refractivity contribution is -0.119. The maximum atomic E-state index is 13.3.